The van der Waals surface area contributed by atoms with E-state index in [1.54, 1.807) is 0 Å². The Morgan fingerprint density at radius 2 is 2.32 bits per heavy atom. The quantitative estimate of drug-likeness (QED) is 0.564. The fourth-order valence-corrected chi connectivity index (χ4v) is 4.37. The van der Waals surface area contributed by atoms with Crippen LogP contribution in [-0.4, -0.2) is 63.1 Å². The van der Waals surface area contributed by atoms with Gasteiger partial charge in [-0.15, -0.1) is 0 Å². The van der Waals surface area contributed by atoms with E-state index in [2.05, 4.69) is 4.99 Å². The molecule has 0 radical (unpaired) electrons. The van der Waals surface area contributed by atoms with Crippen molar-refractivity contribution in [3.05, 3.63) is 0 Å². The number of aliphatic imine (C=N–C) groups is 1. The summed E-state index contributed by atoms with van der Waals surface area (Å²) in [7, 11) is -2.86. The molecule has 2 atom stereocenters. The summed E-state index contributed by atoms with van der Waals surface area (Å²) in [4.78, 5) is 6.38. The highest BCUT2D eigenvalue weighted by atomic mass is 32.2. The Kier molecular flexibility index (Phi) is 4.67. The van der Waals surface area contributed by atoms with Crippen LogP contribution in [0, 0.1) is 5.92 Å². The smallest absolute Gasteiger partial charge is 0.191 e. The molecule has 2 aliphatic heterocycles. The number of nitrogens with two attached hydrogens (primary N) is 1. The maximum atomic E-state index is 11.5. The number of morpholine rings is 1. The molecule has 0 aliphatic carbocycles. The van der Waals surface area contributed by atoms with Gasteiger partial charge in [-0.05, 0) is 25.7 Å². The lowest BCUT2D eigenvalue weighted by molar-refractivity contribution is 0.00528. The maximum Gasteiger partial charge on any atom is 0.191 e. The third-order valence-electron chi connectivity index (χ3n) is 3.63. The minimum atomic E-state index is -2.86. The van der Waals surface area contributed by atoms with Gasteiger partial charge in [0.05, 0.1) is 24.2 Å². The third-order valence-corrected chi connectivity index (χ3v) is 5.52. The second-order valence-electron chi connectivity index (χ2n) is 5.45. The van der Waals surface area contributed by atoms with Gasteiger partial charge in [0.25, 0.3) is 0 Å². The van der Waals surface area contributed by atoms with Crippen molar-refractivity contribution < 1.29 is 13.2 Å². The molecule has 7 heteroatoms. The first-order valence-corrected chi connectivity index (χ1v) is 8.65. The standard InChI is InChI=1S/C12H23N3O3S/c1-10-8-15(4-5-18-10)12(13)14-7-11-3-2-6-19(16,17)9-11/h10-11H,2-9H2,1H3,(H2,13,14). The minimum absolute atomic E-state index is 0.121. The predicted octanol–water partition coefficient (Wildman–Crippen LogP) is -0.153. The van der Waals surface area contributed by atoms with Gasteiger partial charge in [0, 0.05) is 19.6 Å². The zero-order chi connectivity index (χ0) is 13.9. The number of nitrogens with zero attached hydrogens (tertiary/aromatic N) is 2. The van der Waals surface area contributed by atoms with E-state index in [9.17, 15) is 8.42 Å². The van der Waals surface area contributed by atoms with Crippen molar-refractivity contribution >= 4 is 15.8 Å². The summed E-state index contributed by atoms with van der Waals surface area (Å²) in [6.45, 7) is 4.68. The van der Waals surface area contributed by atoms with Gasteiger partial charge in [0.2, 0.25) is 0 Å². The molecule has 6 nitrogen and oxygen atoms in total. The average Bonchev–Trinajstić information content (AvgIpc) is 2.35. The molecule has 2 heterocycles. The van der Waals surface area contributed by atoms with Crippen LogP contribution in [0.15, 0.2) is 4.99 Å². The largest absolute Gasteiger partial charge is 0.375 e. The van der Waals surface area contributed by atoms with Crippen LogP contribution in [-0.2, 0) is 14.6 Å². The molecule has 19 heavy (non-hydrogen) atoms. The second-order valence-corrected chi connectivity index (χ2v) is 7.68. The second kappa shape index (κ2) is 6.09. The summed E-state index contributed by atoms with van der Waals surface area (Å²) < 4.78 is 28.5. The van der Waals surface area contributed by atoms with Crippen LogP contribution in [0.25, 0.3) is 0 Å². The molecule has 2 N–H and O–H groups in total. The summed E-state index contributed by atoms with van der Waals surface area (Å²) in [5.74, 6) is 1.21. The molecular formula is C12H23N3O3S. The molecule has 2 fully saturated rings. The Hall–Kier alpha value is -0.820. The van der Waals surface area contributed by atoms with Crippen LogP contribution in [0.2, 0.25) is 0 Å². The van der Waals surface area contributed by atoms with Gasteiger partial charge in [-0.25, -0.2) is 8.42 Å². The lowest BCUT2D eigenvalue weighted by Gasteiger charge is -2.32. The summed E-state index contributed by atoms with van der Waals surface area (Å²) in [5.41, 5.74) is 5.97. The van der Waals surface area contributed by atoms with Crippen LogP contribution in [0.3, 0.4) is 0 Å². The zero-order valence-electron chi connectivity index (χ0n) is 11.4. The third kappa shape index (κ3) is 4.35. The van der Waals surface area contributed by atoms with Gasteiger partial charge in [-0.2, -0.15) is 0 Å². The van der Waals surface area contributed by atoms with Crippen molar-refractivity contribution in [2.24, 2.45) is 16.6 Å². The van der Waals surface area contributed by atoms with Gasteiger partial charge in [-0.1, -0.05) is 0 Å². The molecule has 2 aliphatic rings. The van der Waals surface area contributed by atoms with Gasteiger partial charge in [0.15, 0.2) is 15.8 Å². The monoisotopic (exact) mass is 289 g/mol. The minimum Gasteiger partial charge on any atom is -0.375 e. The SMILES string of the molecule is CC1CN(C(N)=NCC2CCCS(=O)(=O)C2)CCO1. The normalized spacial score (nSPS) is 32.3. The Morgan fingerprint density at radius 1 is 1.53 bits per heavy atom. The van der Waals surface area contributed by atoms with Crippen molar-refractivity contribution in [1.82, 2.24) is 4.90 Å². The van der Waals surface area contributed by atoms with Gasteiger partial charge < -0.3 is 15.4 Å². The number of guanidine groups is 1. The molecule has 0 saturated carbocycles. The van der Waals surface area contributed by atoms with Crippen LogP contribution >= 0.6 is 0 Å². The molecule has 0 bridgehead atoms. The first-order chi connectivity index (χ1) is 8.96. The van der Waals surface area contributed by atoms with E-state index in [0.717, 1.165) is 25.9 Å². The van der Waals surface area contributed by atoms with Crippen LogP contribution in [0.1, 0.15) is 19.8 Å². The highest BCUT2D eigenvalue weighted by Crippen LogP contribution is 2.18. The molecule has 0 spiro atoms. The maximum absolute atomic E-state index is 11.5. The molecule has 2 unspecified atom stereocenters. The van der Waals surface area contributed by atoms with Gasteiger partial charge in [-0.3, -0.25) is 4.99 Å². The van der Waals surface area contributed by atoms with Crippen molar-refractivity contribution in [1.29, 1.82) is 0 Å². The first-order valence-electron chi connectivity index (χ1n) is 6.83. The lowest BCUT2D eigenvalue weighted by Crippen LogP contribution is -2.48. The van der Waals surface area contributed by atoms with Crippen molar-refractivity contribution in [2.75, 3.05) is 37.7 Å². The average molecular weight is 289 g/mol. The Labute approximate surface area is 114 Å². The molecule has 0 amide bonds. The van der Waals surface area contributed by atoms with Gasteiger partial charge in [0.1, 0.15) is 0 Å². The first kappa shape index (κ1) is 14.6. The van der Waals surface area contributed by atoms with E-state index in [0.29, 0.717) is 24.9 Å². The van der Waals surface area contributed by atoms with Crippen molar-refractivity contribution in [3.63, 3.8) is 0 Å². The Morgan fingerprint density at radius 3 is 3.00 bits per heavy atom. The zero-order valence-corrected chi connectivity index (χ0v) is 12.2. The van der Waals surface area contributed by atoms with Crippen molar-refractivity contribution in [3.8, 4) is 0 Å². The van der Waals surface area contributed by atoms with E-state index in [-0.39, 0.29) is 17.8 Å². The highest BCUT2D eigenvalue weighted by Gasteiger charge is 2.25. The van der Waals surface area contributed by atoms with E-state index in [4.69, 9.17) is 10.5 Å². The van der Waals surface area contributed by atoms with E-state index in [1.165, 1.54) is 0 Å². The molecule has 110 valence electrons. The van der Waals surface area contributed by atoms with E-state index >= 15 is 0 Å². The van der Waals surface area contributed by atoms with Gasteiger partial charge >= 0.3 is 0 Å². The molecule has 0 aromatic heterocycles. The van der Waals surface area contributed by atoms with E-state index in [1.807, 2.05) is 11.8 Å². The molecule has 2 saturated heterocycles. The fraction of sp³-hybridized carbons (Fsp3) is 0.917. The summed E-state index contributed by atoms with van der Waals surface area (Å²) in [6.07, 6.45) is 1.84. The van der Waals surface area contributed by atoms with Crippen LogP contribution < -0.4 is 5.73 Å². The summed E-state index contributed by atoms with van der Waals surface area (Å²) in [5, 5.41) is 0. The van der Waals surface area contributed by atoms with Crippen LogP contribution in [0.4, 0.5) is 0 Å². The fourth-order valence-electron chi connectivity index (χ4n) is 2.61. The predicted molar refractivity (Wildman–Crippen MR) is 74.9 cm³/mol. The molecular weight excluding hydrogens is 266 g/mol. The molecule has 0 aromatic carbocycles. The number of sulfone groups is 1. The Bertz CT molecular complexity index is 436. The topological polar surface area (TPSA) is 85.0 Å². The number of hydrogen-bond donors (Lipinski definition) is 1. The summed E-state index contributed by atoms with van der Waals surface area (Å²) in [6, 6.07) is 0. The number of rotatable bonds is 2. The van der Waals surface area contributed by atoms with Crippen LogP contribution in [0.5, 0.6) is 0 Å². The lowest BCUT2D eigenvalue weighted by atomic mass is 10.1. The Balaban J connectivity index is 1.87. The highest BCUT2D eigenvalue weighted by molar-refractivity contribution is 7.91. The number of ether oxygens (including phenoxy) is 1. The molecule has 2 rings (SSSR count). The van der Waals surface area contributed by atoms with Crippen molar-refractivity contribution in [2.45, 2.75) is 25.9 Å². The summed E-state index contributed by atoms with van der Waals surface area (Å²) >= 11 is 0. The molecule has 0 aromatic rings. The number of hydrogen-bond acceptors (Lipinski definition) is 4. The van der Waals surface area contributed by atoms with E-state index < -0.39 is 9.84 Å².